The van der Waals surface area contributed by atoms with Gasteiger partial charge in [0.1, 0.15) is 28.8 Å². The number of unbranched alkanes of at least 4 members (excludes halogenated alkanes) is 1. The molecule has 3 aromatic carbocycles. The molecule has 0 unspecified atom stereocenters. The van der Waals surface area contributed by atoms with Crippen LogP contribution in [-0.4, -0.2) is 46.8 Å². The molecule has 8 heteroatoms. The highest BCUT2D eigenvalue weighted by molar-refractivity contribution is 6.19. The summed E-state index contributed by atoms with van der Waals surface area (Å²) in [6, 6.07) is 25.1. The number of nitrogens with zero attached hydrogens (tertiary/aromatic N) is 4. The molecule has 0 fully saturated rings. The van der Waals surface area contributed by atoms with Gasteiger partial charge in [0.25, 0.3) is 11.8 Å². The van der Waals surface area contributed by atoms with Crippen LogP contribution < -0.4 is 9.47 Å². The number of carbonyl (C=O) groups is 2. The van der Waals surface area contributed by atoms with E-state index in [2.05, 4.69) is 6.92 Å². The van der Waals surface area contributed by atoms with Gasteiger partial charge in [-0.15, -0.1) is 0 Å². The van der Waals surface area contributed by atoms with Crippen molar-refractivity contribution in [2.45, 2.75) is 40.0 Å². The number of hydrogen-bond donors (Lipinski definition) is 0. The molecule has 1 aromatic heterocycles. The quantitative estimate of drug-likeness (QED) is 0.106. The number of ether oxygens (including phenoxy) is 2. The van der Waals surface area contributed by atoms with Gasteiger partial charge in [0.2, 0.25) is 0 Å². The fourth-order valence-electron chi connectivity index (χ4n) is 5.26. The molecule has 0 radical (unpaired) electrons. The predicted molar refractivity (Wildman–Crippen MR) is 174 cm³/mol. The van der Waals surface area contributed by atoms with Crippen molar-refractivity contribution in [2.75, 3.05) is 20.3 Å². The molecule has 0 bridgehead atoms. The molecule has 0 saturated heterocycles. The third kappa shape index (κ3) is 6.73. The number of hydrogen-bond acceptors (Lipinski definition) is 6. The average molecular weight is 601 g/mol. The summed E-state index contributed by atoms with van der Waals surface area (Å²) < 4.78 is 12.9. The molecule has 45 heavy (non-hydrogen) atoms. The molecule has 0 aliphatic carbocycles. The van der Waals surface area contributed by atoms with E-state index in [1.54, 1.807) is 24.8 Å². The molecule has 4 aromatic rings. The van der Waals surface area contributed by atoms with E-state index < -0.39 is 11.8 Å². The zero-order chi connectivity index (χ0) is 31.9. The van der Waals surface area contributed by atoms with Gasteiger partial charge in [0, 0.05) is 29.4 Å². The molecule has 0 N–H and O–H groups in total. The zero-order valence-electron chi connectivity index (χ0n) is 26.0. The van der Waals surface area contributed by atoms with Crippen molar-refractivity contribution in [1.29, 1.82) is 5.26 Å². The summed E-state index contributed by atoms with van der Waals surface area (Å²) in [5, 5.41) is 14.9. The third-order valence-corrected chi connectivity index (χ3v) is 7.89. The Balaban J connectivity index is 1.55. The number of imide groups is 1. The molecule has 1 aliphatic heterocycles. The summed E-state index contributed by atoms with van der Waals surface area (Å²) in [6.07, 6.45) is 6.08. The molecule has 1 aliphatic rings. The van der Waals surface area contributed by atoms with Crippen LogP contribution >= 0.6 is 0 Å². The van der Waals surface area contributed by atoms with Crippen LogP contribution in [0.15, 0.2) is 95.7 Å². The number of amides is 2. The van der Waals surface area contributed by atoms with Crippen LogP contribution in [0.1, 0.15) is 43.4 Å². The van der Waals surface area contributed by atoms with Crippen molar-refractivity contribution in [1.82, 2.24) is 14.7 Å². The van der Waals surface area contributed by atoms with Crippen LogP contribution in [0.4, 0.5) is 0 Å². The van der Waals surface area contributed by atoms with E-state index in [1.165, 1.54) is 0 Å². The predicted octanol–water partition coefficient (Wildman–Crippen LogP) is 6.87. The van der Waals surface area contributed by atoms with Crippen molar-refractivity contribution in [3.05, 3.63) is 112 Å². The summed E-state index contributed by atoms with van der Waals surface area (Å²) >= 11 is 0. The highest BCUT2D eigenvalue weighted by atomic mass is 16.5. The number of nitriles is 1. The first-order valence-corrected chi connectivity index (χ1v) is 15.1. The maximum Gasteiger partial charge on any atom is 0.271 e. The Morgan fingerprint density at radius 2 is 1.69 bits per heavy atom. The summed E-state index contributed by atoms with van der Waals surface area (Å²) in [6.45, 7) is 6.56. The number of para-hydroxylation sites is 1. The average Bonchev–Trinajstić information content (AvgIpc) is 3.47. The second kappa shape index (κ2) is 13.9. The van der Waals surface area contributed by atoms with Crippen LogP contribution in [-0.2, 0) is 16.0 Å². The first kappa shape index (κ1) is 31.0. The fourth-order valence-corrected chi connectivity index (χ4v) is 5.26. The standard InChI is InChI=1S/C37H36N4O4/c1-5-6-20-45-31-16-17-32(25(2)21-31)35-28(24-41(39-35)29-10-8-7-9-11-29)22-33-26(3)34(23-38)37(43)40(36(33)42)19-18-27-12-14-30(44-4)15-13-27/h7-17,21-22,24H,5-6,18-20H2,1-4H3/b33-22+. The number of benzene rings is 3. The number of rotatable bonds is 11. The van der Waals surface area contributed by atoms with Crippen molar-refractivity contribution in [3.8, 4) is 34.5 Å². The van der Waals surface area contributed by atoms with Crippen LogP contribution in [0.3, 0.4) is 0 Å². The Bertz CT molecular complexity index is 1810. The van der Waals surface area contributed by atoms with E-state index in [0.717, 1.165) is 51.6 Å². The van der Waals surface area contributed by atoms with E-state index in [0.29, 0.717) is 29.9 Å². The molecule has 0 spiro atoms. The molecule has 0 saturated carbocycles. The van der Waals surface area contributed by atoms with Gasteiger partial charge in [-0.25, -0.2) is 4.68 Å². The molecule has 2 amide bonds. The SMILES string of the molecule is CCCCOc1ccc(-c2nn(-c3ccccc3)cc2/C=C2/C(=O)N(CCc3ccc(OC)cc3)C(=O)C(C#N)=C2C)c(C)c1. The molecule has 8 nitrogen and oxygen atoms in total. The monoisotopic (exact) mass is 600 g/mol. The van der Waals surface area contributed by atoms with Gasteiger partial charge in [-0.05, 0) is 91.9 Å². The van der Waals surface area contributed by atoms with Crippen LogP contribution in [0.2, 0.25) is 0 Å². The summed E-state index contributed by atoms with van der Waals surface area (Å²) in [4.78, 5) is 28.4. The second-order valence-electron chi connectivity index (χ2n) is 10.9. The zero-order valence-corrected chi connectivity index (χ0v) is 26.0. The summed E-state index contributed by atoms with van der Waals surface area (Å²) in [5.74, 6) is 0.485. The van der Waals surface area contributed by atoms with E-state index in [-0.39, 0.29) is 17.7 Å². The Morgan fingerprint density at radius 1 is 0.956 bits per heavy atom. The van der Waals surface area contributed by atoms with Gasteiger partial charge in [-0.3, -0.25) is 14.5 Å². The minimum Gasteiger partial charge on any atom is -0.497 e. The first-order valence-electron chi connectivity index (χ1n) is 15.1. The molecule has 228 valence electrons. The van der Waals surface area contributed by atoms with Crippen molar-refractivity contribution < 1.29 is 19.1 Å². The van der Waals surface area contributed by atoms with Crippen molar-refractivity contribution >= 4 is 17.9 Å². The highest BCUT2D eigenvalue weighted by Gasteiger charge is 2.35. The van der Waals surface area contributed by atoms with Crippen molar-refractivity contribution in [2.24, 2.45) is 0 Å². The summed E-state index contributed by atoms with van der Waals surface area (Å²) in [7, 11) is 1.60. The molecule has 0 atom stereocenters. The van der Waals surface area contributed by atoms with Gasteiger partial charge in [0.05, 0.1) is 19.4 Å². The lowest BCUT2D eigenvalue weighted by atomic mass is 9.92. The molecular formula is C37H36N4O4. The third-order valence-electron chi connectivity index (χ3n) is 7.89. The molecule has 2 heterocycles. The fraction of sp³-hybridized carbons (Fsp3) is 0.243. The van der Waals surface area contributed by atoms with Crippen LogP contribution in [0, 0.1) is 18.3 Å². The van der Waals surface area contributed by atoms with E-state index in [1.807, 2.05) is 92.0 Å². The van der Waals surface area contributed by atoms with Crippen molar-refractivity contribution in [3.63, 3.8) is 0 Å². The van der Waals surface area contributed by atoms with Crippen LogP contribution in [0.5, 0.6) is 11.5 Å². The minimum atomic E-state index is -0.583. The maximum absolute atomic E-state index is 13.9. The van der Waals surface area contributed by atoms with E-state index in [4.69, 9.17) is 14.6 Å². The maximum atomic E-state index is 13.9. The van der Waals surface area contributed by atoms with Gasteiger partial charge in [-0.1, -0.05) is 43.7 Å². The lowest BCUT2D eigenvalue weighted by Crippen LogP contribution is -2.43. The van der Waals surface area contributed by atoms with Gasteiger partial charge < -0.3 is 9.47 Å². The van der Waals surface area contributed by atoms with E-state index in [9.17, 15) is 14.9 Å². The normalized spacial score (nSPS) is 14.2. The van der Waals surface area contributed by atoms with Gasteiger partial charge in [0.15, 0.2) is 0 Å². The topological polar surface area (TPSA) is 97.4 Å². The Hall–Kier alpha value is -5.42. The number of aryl methyl sites for hydroxylation is 1. The van der Waals surface area contributed by atoms with Gasteiger partial charge >= 0.3 is 0 Å². The highest BCUT2D eigenvalue weighted by Crippen LogP contribution is 2.33. The number of aromatic nitrogens is 2. The lowest BCUT2D eigenvalue weighted by Gasteiger charge is -2.27. The Morgan fingerprint density at radius 3 is 2.36 bits per heavy atom. The number of carbonyl (C=O) groups excluding carboxylic acids is 2. The Labute approximate surface area is 263 Å². The smallest absolute Gasteiger partial charge is 0.271 e. The summed E-state index contributed by atoms with van der Waals surface area (Å²) in [5.41, 5.74) is 5.60. The Kier molecular flexibility index (Phi) is 9.59. The molecule has 5 rings (SSSR count). The second-order valence-corrected chi connectivity index (χ2v) is 10.9. The van der Waals surface area contributed by atoms with E-state index >= 15 is 0 Å². The first-order chi connectivity index (χ1) is 21.8. The van der Waals surface area contributed by atoms with Crippen LogP contribution in [0.25, 0.3) is 23.0 Å². The lowest BCUT2D eigenvalue weighted by molar-refractivity contribution is -0.140. The largest absolute Gasteiger partial charge is 0.497 e. The number of methoxy groups -OCH3 is 1. The molecular weight excluding hydrogens is 564 g/mol. The minimum absolute atomic E-state index is 0.0441. The van der Waals surface area contributed by atoms with Gasteiger partial charge in [-0.2, -0.15) is 10.4 Å².